The Balaban J connectivity index is 1.11. The molecule has 314 valence electrons. The van der Waals surface area contributed by atoms with Gasteiger partial charge in [-0.1, -0.05) is 39.8 Å². The third-order valence-corrected chi connectivity index (χ3v) is 11.1. The summed E-state index contributed by atoms with van der Waals surface area (Å²) >= 11 is 0. The van der Waals surface area contributed by atoms with Crippen molar-refractivity contribution in [3.05, 3.63) is 81.4 Å². The molecule has 0 aliphatic carbocycles. The van der Waals surface area contributed by atoms with Crippen molar-refractivity contribution in [2.45, 2.75) is 78.9 Å². The van der Waals surface area contributed by atoms with Crippen LogP contribution in [0.1, 0.15) is 80.4 Å². The lowest BCUT2D eigenvalue weighted by Crippen LogP contribution is -2.52. The first-order chi connectivity index (χ1) is 27.9. The number of carbonyl (C=O) groups excluding carboxylic acids is 5. The lowest BCUT2D eigenvalue weighted by atomic mass is 9.75. The second kappa shape index (κ2) is 17.1. The molecule has 1 saturated heterocycles. The number of aryl methyl sites for hydroxylation is 3. The Morgan fingerprint density at radius 3 is 2.44 bits per heavy atom. The molecule has 2 aliphatic rings. The van der Waals surface area contributed by atoms with Gasteiger partial charge in [0, 0.05) is 81.0 Å². The molecule has 0 radical (unpaired) electrons. The molecular weight excluding hydrogens is 755 g/mol. The molecule has 59 heavy (non-hydrogen) atoms. The Kier molecular flexibility index (Phi) is 12.4. The van der Waals surface area contributed by atoms with E-state index in [2.05, 4.69) is 43.6 Å². The average molecular weight is 810 g/mol. The molecule has 2 aliphatic heterocycles. The minimum Gasteiger partial charge on any atom is -0.496 e. The van der Waals surface area contributed by atoms with Gasteiger partial charge in [-0.3, -0.25) is 34.1 Å². The maximum absolute atomic E-state index is 13.3. The molecule has 4 heterocycles. The van der Waals surface area contributed by atoms with Crippen molar-refractivity contribution >= 4 is 40.4 Å². The number of nitrogens with zero attached hydrogens (tertiary/aromatic N) is 3. The van der Waals surface area contributed by atoms with E-state index in [1.54, 1.807) is 37.1 Å². The molecular formula is C44H55N7O8. The molecule has 0 bridgehead atoms. The first-order valence-electron chi connectivity index (χ1n) is 19.9. The quantitative estimate of drug-likeness (QED) is 0.116. The Bertz CT molecular complexity index is 2380. The first-order valence-corrected chi connectivity index (χ1v) is 19.9. The van der Waals surface area contributed by atoms with E-state index in [1.165, 1.54) is 4.90 Å². The van der Waals surface area contributed by atoms with Gasteiger partial charge in [-0.05, 0) is 71.0 Å². The average Bonchev–Trinajstić information content (AvgIpc) is 3.73. The molecule has 15 heteroatoms. The van der Waals surface area contributed by atoms with Crippen LogP contribution >= 0.6 is 0 Å². The van der Waals surface area contributed by atoms with Crippen LogP contribution in [0.15, 0.2) is 53.6 Å². The van der Waals surface area contributed by atoms with Crippen LogP contribution in [-0.2, 0) is 52.8 Å². The van der Waals surface area contributed by atoms with E-state index in [0.717, 1.165) is 27.6 Å². The van der Waals surface area contributed by atoms with Gasteiger partial charge in [0.1, 0.15) is 23.1 Å². The zero-order valence-corrected chi connectivity index (χ0v) is 35.0. The highest BCUT2D eigenvalue weighted by atomic mass is 16.5. The third kappa shape index (κ3) is 9.51. The molecule has 2 aromatic carbocycles. The molecule has 1 atom stereocenters. The van der Waals surface area contributed by atoms with Crippen molar-refractivity contribution in [2.75, 3.05) is 26.8 Å². The standard InChI is InChI=1S/C44H55N7O8/c1-43(2,24-47-37(53)13-11-26-9-8-10-29-32(26)22-51(41(29)56)33-12-14-38(54)48-40(33)55)23-44(3,4)25-59-35-18-27(17-34(58-7)30(35)19-46-20-36(45)52)31-21-50(6)42(57)39-28(31)15-16-49(39)5/h8-10,15-18,21,33,46H,11-14,19-20,22-25H2,1-7H3,(H2,45,52)(H,47,53)(H,48,54,55). The number of carbonyl (C=O) groups is 5. The molecule has 6 rings (SSSR count). The van der Waals surface area contributed by atoms with Crippen molar-refractivity contribution in [3.63, 3.8) is 0 Å². The number of hydrogen-bond donors (Lipinski definition) is 4. The summed E-state index contributed by atoms with van der Waals surface area (Å²) in [5, 5.41) is 9.32. The Hall–Kier alpha value is -5.96. The fourth-order valence-corrected chi connectivity index (χ4v) is 8.54. The first kappa shape index (κ1) is 42.6. The van der Waals surface area contributed by atoms with Crippen LogP contribution in [0.4, 0.5) is 0 Å². The molecule has 1 unspecified atom stereocenters. The summed E-state index contributed by atoms with van der Waals surface area (Å²) in [5.41, 5.74) is 9.77. The molecule has 2 aromatic heterocycles. The van der Waals surface area contributed by atoms with Gasteiger partial charge in [-0.2, -0.15) is 0 Å². The number of pyridine rings is 1. The van der Waals surface area contributed by atoms with E-state index >= 15 is 0 Å². The van der Waals surface area contributed by atoms with Crippen molar-refractivity contribution < 1.29 is 33.4 Å². The monoisotopic (exact) mass is 809 g/mol. The number of methoxy groups -OCH3 is 1. The number of nitrogens with one attached hydrogen (secondary N) is 3. The topological polar surface area (TPSA) is 196 Å². The molecule has 4 aromatic rings. The summed E-state index contributed by atoms with van der Waals surface area (Å²) in [6, 6.07) is 10.5. The number of nitrogens with two attached hydrogens (primary N) is 1. The highest BCUT2D eigenvalue weighted by Gasteiger charge is 2.40. The van der Waals surface area contributed by atoms with Gasteiger partial charge in [0.2, 0.25) is 23.6 Å². The van der Waals surface area contributed by atoms with E-state index < -0.39 is 17.9 Å². The lowest BCUT2D eigenvalue weighted by molar-refractivity contribution is -0.137. The van der Waals surface area contributed by atoms with Crippen LogP contribution in [-0.4, -0.2) is 76.4 Å². The van der Waals surface area contributed by atoms with Gasteiger partial charge < -0.3 is 39.9 Å². The van der Waals surface area contributed by atoms with Crippen LogP contribution in [0.25, 0.3) is 22.0 Å². The summed E-state index contributed by atoms with van der Waals surface area (Å²) in [7, 11) is 5.14. The van der Waals surface area contributed by atoms with E-state index in [0.29, 0.717) is 54.1 Å². The molecule has 5 amide bonds. The van der Waals surface area contributed by atoms with Gasteiger partial charge in [0.15, 0.2) is 0 Å². The number of aromatic nitrogens is 2. The SMILES string of the molecule is COc1cc(-c2cn(C)c(=O)c3c2ccn3C)cc(OCC(C)(C)CC(C)(C)CNC(=O)CCc2cccc3c2CN(C2CCC(=O)NC2=O)C3=O)c1CNCC(N)=O. The predicted molar refractivity (Wildman–Crippen MR) is 223 cm³/mol. The van der Waals surface area contributed by atoms with E-state index in [1.807, 2.05) is 42.1 Å². The number of imide groups is 1. The molecule has 1 fully saturated rings. The zero-order valence-electron chi connectivity index (χ0n) is 35.0. The van der Waals surface area contributed by atoms with E-state index in [4.69, 9.17) is 15.2 Å². The zero-order chi connectivity index (χ0) is 42.8. The third-order valence-electron chi connectivity index (χ3n) is 11.1. The smallest absolute Gasteiger partial charge is 0.274 e. The number of hydrogen-bond acceptors (Lipinski definition) is 9. The Morgan fingerprint density at radius 2 is 1.73 bits per heavy atom. The van der Waals surface area contributed by atoms with E-state index in [-0.39, 0.29) is 73.0 Å². The summed E-state index contributed by atoms with van der Waals surface area (Å²) in [5.74, 6) is -0.529. The number of amides is 5. The van der Waals surface area contributed by atoms with Crippen LogP contribution in [0, 0.1) is 10.8 Å². The fraction of sp³-hybridized carbons (Fsp3) is 0.455. The van der Waals surface area contributed by atoms with Gasteiger partial charge in [0.05, 0.1) is 20.3 Å². The highest BCUT2D eigenvalue weighted by Crippen LogP contribution is 2.40. The van der Waals surface area contributed by atoms with Crippen molar-refractivity contribution in [1.82, 2.24) is 30.0 Å². The maximum Gasteiger partial charge on any atom is 0.274 e. The highest BCUT2D eigenvalue weighted by molar-refractivity contribution is 6.05. The van der Waals surface area contributed by atoms with Gasteiger partial charge in [-0.15, -0.1) is 0 Å². The normalized spacial score (nSPS) is 15.7. The van der Waals surface area contributed by atoms with Crippen LogP contribution < -0.4 is 36.7 Å². The molecule has 0 saturated carbocycles. The molecule has 15 nitrogen and oxygen atoms in total. The molecule has 0 spiro atoms. The Labute approximate surface area is 343 Å². The summed E-state index contributed by atoms with van der Waals surface area (Å²) < 4.78 is 15.9. The molecule has 5 N–H and O–H groups in total. The summed E-state index contributed by atoms with van der Waals surface area (Å²) in [6.45, 7) is 9.65. The number of rotatable bonds is 17. The second-order valence-electron chi connectivity index (χ2n) is 17.3. The lowest BCUT2D eigenvalue weighted by Gasteiger charge is -2.35. The van der Waals surface area contributed by atoms with Crippen LogP contribution in [0.5, 0.6) is 11.5 Å². The maximum atomic E-state index is 13.3. The number of primary amides is 1. The predicted octanol–water partition coefficient (Wildman–Crippen LogP) is 3.46. The van der Waals surface area contributed by atoms with Crippen molar-refractivity contribution in [2.24, 2.45) is 30.7 Å². The van der Waals surface area contributed by atoms with Gasteiger partial charge in [-0.25, -0.2) is 0 Å². The van der Waals surface area contributed by atoms with Crippen molar-refractivity contribution in [1.29, 1.82) is 0 Å². The Morgan fingerprint density at radius 1 is 0.983 bits per heavy atom. The van der Waals surface area contributed by atoms with Crippen molar-refractivity contribution in [3.8, 4) is 22.6 Å². The van der Waals surface area contributed by atoms with E-state index in [9.17, 15) is 28.8 Å². The van der Waals surface area contributed by atoms with Crippen LogP contribution in [0.3, 0.4) is 0 Å². The van der Waals surface area contributed by atoms with Crippen LogP contribution in [0.2, 0.25) is 0 Å². The number of fused-ring (bicyclic) bond motifs is 2. The largest absolute Gasteiger partial charge is 0.496 e. The fourth-order valence-electron chi connectivity index (χ4n) is 8.54. The number of benzene rings is 2. The van der Waals surface area contributed by atoms with Gasteiger partial charge >= 0.3 is 0 Å². The summed E-state index contributed by atoms with van der Waals surface area (Å²) in [6.07, 6.45) is 5.48. The van der Waals surface area contributed by atoms with Gasteiger partial charge in [0.25, 0.3) is 11.5 Å². The minimum absolute atomic E-state index is 0.0302. The summed E-state index contributed by atoms with van der Waals surface area (Å²) in [4.78, 5) is 76.8. The minimum atomic E-state index is -0.700. The number of ether oxygens (including phenoxy) is 2. The second-order valence-corrected chi connectivity index (χ2v) is 17.3. The number of piperidine rings is 1.